The van der Waals surface area contributed by atoms with Crippen LogP contribution in [0.5, 0.6) is 5.75 Å². The molecule has 0 amide bonds. The second kappa shape index (κ2) is 3.48. The Hall–Kier alpha value is -1.11. The van der Waals surface area contributed by atoms with E-state index >= 15 is 0 Å². The molecule has 0 saturated carbocycles. The van der Waals surface area contributed by atoms with Crippen molar-refractivity contribution in [1.29, 1.82) is 0 Å². The Bertz CT molecular complexity index is 601. The first-order chi connectivity index (χ1) is 7.02. The van der Waals surface area contributed by atoms with Crippen molar-refractivity contribution in [2.24, 2.45) is 5.14 Å². The first-order valence-corrected chi connectivity index (χ1v) is 6.53. The SMILES string of the molecule is COc1ccc2scc(S(N)(=O)=O)c2c1. The van der Waals surface area contributed by atoms with Crippen molar-refractivity contribution in [2.45, 2.75) is 4.90 Å². The normalized spacial score (nSPS) is 11.9. The maximum absolute atomic E-state index is 11.3. The first kappa shape index (κ1) is 10.4. The molecule has 0 unspecified atom stereocenters. The fourth-order valence-electron chi connectivity index (χ4n) is 1.33. The van der Waals surface area contributed by atoms with Crippen LogP contribution in [0.3, 0.4) is 0 Å². The molecule has 0 fully saturated rings. The number of benzene rings is 1. The van der Waals surface area contributed by atoms with Crippen LogP contribution in [-0.4, -0.2) is 15.5 Å². The van der Waals surface area contributed by atoms with E-state index in [2.05, 4.69) is 0 Å². The number of methoxy groups -OCH3 is 1. The largest absolute Gasteiger partial charge is 0.497 e. The zero-order valence-electron chi connectivity index (χ0n) is 7.93. The van der Waals surface area contributed by atoms with Crippen molar-refractivity contribution in [3.8, 4) is 5.75 Å². The quantitative estimate of drug-likeness (QED) is 0.870. The lowest BCUT2D eigenvalue weighted by molar-refractivity contribution is 0.415. The van der Waals surface area contributed by atoms with Crippen LogP contribution in [0.1, 0.15) is 0 Å². The van der Waals surface area contributed by atoms with Crippen LogP contribution in [0.25, 0.3) is 10.1 Å². The Balaban J connectivity index is 2.78. The molecule has 1 heterocycles. The van der Waals surface area contributed by atoms with Gasteiger partial charge in [-0.15, -0.1) is 11.3 Å². The summed E-state index contributed by atoms with van der Waals surface area (Å²) in [6.07, 6.45) is 0. The Kier molecular flexibility index (Phi) is 2.41. The minimum Gasteiger partial charge on any atom is -0.497 e. The number of hydrogen-bond donors (Lipinski definition) is 1. The van der Waals surface area contributed by atoms with Crippen LogP contribution in [-0.2, 0) is 10.0 Å². The lowest BCUT2D eigenvalue weighted by Crippen LogP contribution is -2.11. The highest BCUT2D eigenvalue weighted by molar-refractivity contribution is 7.89. The third-order valence-electron chi connectivity index (χ3n) is 2.05. The van der Waals surface area contributed by atoms with E-state index in [4.69, 9.17) is 9.88 Å². The van der Waals surface area contributed by atoms with Crippen molar-refractivity contribution in [2.75, 3.05) is 7.11 Å². The molecule has 1 aromatic carbocycles. The summed E-state index contributed by atoms with van der Waals surface area (Å²) in [5.74, 6) is 0.616. The highest BCUT2D eigenvalue weighted by atomic mass is 32.2. The van der Waals surface area contributed by atoms with Gasteiger partial charge in [0.2, 0.25) is 10.0 Å². The van der Waals surface area contributed by atoms with Crippen LogP contribution in [0.2, 0.25) is 0 Å². The molecular formula is C9H9NO3S2. The summed E-state index contributed by atoms with van der Waals surface area (Å²) in [7, 11) is -2.12. The van der Waals surface area contributed by atoms with Gasteiger partial charge in [0.05, 0.1) is 7.11 Å². The third-order valence-corrected chi connectivity index (χ3v) is 4.12. The Morgan fingerprint density at radius 1 is 1.40 bits per heavy atom. The molecule has 0 aliphatic heterocycles. The molecule has 2 N–H and O–H groups in total. The lowest BCUT2D eigenvalue weighted by atomic mass is 10.2. The van der Waals surface area contributed by atoms with Crippen LogP contribution >= 0.6 is 11.3 Å². The van der Waals surface area contributed by atoms with E-state index in [1.54, 1.807) is 17.5 Å². The molecule has 0 bridgehead atoms. The van der Waals surface area contributed by atoms with Crippen molar-refractivity contribution in [3.63, 3.8) is 0 Å². The fraction of sp³-hybridized carbons (Fsp3) is 0.111. The van der Waals surface area contributed by atoms with E-state index in [1.165, 1.54) is 18.4 Å². The maximum Gasteiger partial charge on any atom is 0.239 e. The van der Waals surface area contributed by atoms with Gasteiger partial charge >= 0.3 is 0 Å². The molecule has 0 spiro atoms. The third kappa shape index (κ3) is 1.83. The monoisotopic (exact) mass is 243 g/mol. The zero-order chi connectivity index (χ0) is 11.1. The average molecular weight is 243 g/mol. The Labute approximate surface area is 91.3 Å². The molecule has 15 heavy (non-hydrogen) atoms. The van der Waals surface area contributed by atoms with E-state index in [0.717, 1.165) is 4.70 Å². The smallest absolute Gasteiger partial charge is 0.239 e. The van der Waals surface area contributed by atoms with Gasteiger partial charge in [0.25, 0.3) is 0 Å². The van der Waals surface area contributed by atoms with Crippen molar-refractivity contribution in [3.05, 3.63) is 23.6 Å². The molecule has 0 aliphatic carbocycles. The first-order valence-electron chi connectivity index (χ1n) is 4.10. The highest BCUT2D eigenvalue weighted by Gasteiger charge is 2.14. The average Bonchev–Trinajstić information content (AvgIpc) is 2.59. The number of ether oxygens (including phenoxy) is 1. The molecule has 2 aromatic rings. The number of sulfonamides is 1. The Morgan fingerprint density at radius 2 is 2.13 bits per heavy atom. The van der Waals surface area contributed by atoms with Gasteiger partial charge in [-0.1, -0.05) is 0 Å². The van der Waals surface area contributed by atoms with Crippen molar-refractivity contribution in [1.82, 2.24) is 0 Å². The topological polar surface area (TPSA) is 69.4 Å². The second-order valence-electron chi connectivity index (χ2n) is 3.01. The van der Waals surface area contributed by atoms with Gasteiger partial charge in [-0.25, -0.2) is 13.6 Å². The summed E-state index contributed by atoms with van der Waals surface area (Å²) in [6.45, 7) is 0. The lowest BCUT2D eigenvalue weighted by Gasteiger charge is -2.00. The van der Waals surface area contributed by atoms with Gasteiger partial charge in [0.1, 0.15) is 10.6 Å². The molecule has 6 heteroatoms. The van der Waals surface area contributed by atoms with Gasteiger partial charge in [-0.3, -0.25) is 0 Å². The van der Waals surface area contributed by atoms with Gasteiger partial charge in [0, 0.05) is 15.5 Å². The van der Waals surface area contributed by atoms with E-state index in [9.17, 15) is 8.42 Å². The summed E-state index contributed by atoms with van der Waals surface area (Å²) in [6, 6.07) is 5.27. The van der Waals surface area contributed by atoms with Crippen LogP contribution in [0.15, 0.2) is 28.5 Å². The predicted molar refractivity (Wildman–Crippen MR) is 59.8 cm³/mol. The zero-order valence-corrected chi connectivity index (χ0v) is 9.56. The molecule has 0 aliphatic rings. The van der Waals surface area contributed by atoms with Crippen LogP contribution in [0.4, 0.5) is 0 Å². The van der Waals surface area contributed by atoms with Crippen molar-refractivity contribution < 1.29 is 13.2 Å². The number of nitrogens with two attached hydrogens (primary N) is 1. The molecule has 2 rings (SSSR count). The highest BCUT2D eigenvalue weighted by Crippen LogP contribution is 2.31. The molecule has 80 valence electrons. The minimum absolute atomic E-state index is 0.154. The van der Waals surface area contributed by atoms with E-state index < -0.39 is 10.0 Å². The molecular weight excluding hydrogens is 234 g/mol. The predicted octanol–water partition coefficient (Wildman–Crippen LogP) is 1.56. The number of primary sulfonamides is 1. The molecule has 0 saturated heterocycles. The summed E-state index contributed by atoms with van der Waals surface area (Å²) in [5.41, 5.74) is 0. The number of thiophene rings is 1. The van der Waals surface area contributed by atoms with Gasteiger partial charge < -0.3 is 4.74 Å². The van der Waals surface area contributed by atoms with Crippen LogP contribution in [0, 0.1) is 0 Å². The fourth-order valence-corrected chi connectivity index (χ4v) is 3.36. The van der Waals surface area contributed by atoms with Crippen molar-refractivity contribution >= 4 is 31.4 Å². The number of hydrogen-bond acceptors (Lipinski definition) is 4. The summed E-state index contributed by atoms with van der Waals surface area (Å²) in [4.78, 5) is 0.154. The molecule has 4 nitrogen and oxygen atoms in total. The summed E-state index contributed by atoms with van der Waals surface area (Å²) >= 11 is 1.35. The molecule has 0 atom stereocenters. The standard InChI is InChI=1S/C9H9NO3S2/c1-13-6-2-3-8-7(4-6)9(5-14-8)15(10,11)12/h2-5H,1H3,(H2,10,11,12). The summed E-state index contributed by atoms with van der Waals surface area (Å²) in [5, 5.41) is 7.25. The number of fused-ring (bicyclic) bond motifs is 1. The molecule has 1 aromatic heterocycles. The summed E-state index contributed by atoms with van der Waals surface area (Å²) < 4.78 is 28.4. The van der Waals surface area contributed by atoms with Gasteiger partial charge in [0.15, 0.2) is 0 Å². The van der Waals surface area contributed by atoms with Gasteiger partial charge in [-0.05, 0) is 18.2 Å². The van der Waals surface area contributed by atoms with Gasteiger partial charge in [-0.2, -0.15) is 0 Å². The number of rotatable bonds is 2. The Morgan fingerprint density at radius 3 is 2.73 bits per heavy atom. The second-order valence-corrected chi connectivity index (χ2v) is 5.45. The van der Waals surface area contributed by atoms with E-state index in [-0.39, 0.29) is 4.90 Å². The van der Waals surface area contributed by atoms with Crippen LogP contribution < -0.4 is 9.88 Å². The minimum atomic E-state index is -3.66. The maximum atomic E-state index is 11.3. The molecule has 0 radical (unpaired) electrons. The van der Waals surface area contributed by atoms with E-state index in [1.807, 2.05) is 6.07 Å². The van der Waals surface area contributed by atoms with E-state index in [0.29, 0.717) is 11.1 Å².